The molecule has 1 fully saturated rings. The van der Waals surface area contributed by atoms with Crippen LogP contribution in [0.3, 0.4) is 0 Å². The molecule has 1 aliphatic rings. The third-order valence-electron chi connectivity index (χ3n) is 3.52. The summed E-state index contributed by atoms with van der Waals surface area (Å²) in [5, 5.41) is 6.34. The third kappa shape index (κ3) is 2.58. The van der Waals surface area contributed by atoms with Crippen molar-refractivity contribution in [3.05, 3.63) is 24.2 Å². The fourth-order valence-corrected chi connectivity index (χ4v) is 2.47. The molecule has 0 aromatic carbocycles. The van der Waals surface area contributed by atoms with Crippen molar-refractivity contribution in [3.8, 4) is 0 Å². The van der Waals surface area contributed by atoms with E-state index in [-0.39, 0.29) is 5.91 Å². The molecule has 0 aliphatic carbocycles. The molecular formula is C13H17N5O. The van der Waals surface area contributed by atoms with Gasteiger partial charge in [-0.2, -0.15) is 0 Å². The van der Waals surface area contributed by atoms with Gasteiger partial charge >= 0.3 is 0 Å². The number of aromatic amines is 1. The van der Waals surface area contributed by atoms with E-state index >= 15 is 0 Å². The fourth-order valence-electron chi connectivity index (χ4n) is 2.47. The molecule has 2 aromatic heterocycles. The van der Waals surface area contributed by atoms with Gasteiger partial charge in [0.25, 0.3) is 5.91 Å². The van der Waals surface area contributed by atoms with Crippen molar-refractivity contribution in [2.24, 2.45) is 5.92 Å². The second kappa shape index (κ2) is 5.36. The lowest BCUT2D eigenvalue weighted by Crippen LogP contribution is -2.38. The average Bonchev–Trinajstić information content (AvgIpc) is 2.94. The Kier molecular flexibility index (Phi) is 3.41. The number of imidazole rings is 1. The minimum atomic E-state index is -0.0674. The molecule has 1 aliphatic heterocycles. The SMILES string of the molecule is O=C(NCC1CCCNC1)c1ccnc2nc[nH]c12. The number of aromatic nitrogens is 3. The molecule has 1 saturated heterocycles. The lowest BCUT2D eigenvalue weighted by molar-refractivity contribution is 0.0946. The zero-order valence-corrected chi connectivity index (χ0v) is 10.6. The number of hydrogen-bond acceptors (Lipinski definition) is 4. The maximum atomic E-state index is 12.2. The Bertz CT molecular complexity index is 573. The van der Waals surface area contributed by atoms with E-state index < -0.39 is 0 Å². The van der Waals surface area contributed by atoms with Crippen LogP contribution in [0.1, 0.15) is 23.2 Å². The number of carbonyl (C=O) groups excluding carboxylic acids is 1. The van der Waals surface area contributed by atoms with Gasteiger partial charge in [-0.1, -0.05) is 0 Å². The van der Waals surface area contributed by atoms with Crippen molar-refractivity contribution >= 4 is 17.1 Å². The van der Waals surface area contributed by atoms with E-state index in [4.69, 9.17) is 0 Å². The van der Waals surface area contributed by atoms with Crippen molar-refractivity contribution in [1.82, 2.24) is 25.6 Å². The molecule has 1 atom stereocenters. The molecule has 3 rings (SSSR count). The van der Waals surface area contributed by atoms with Gasteiger partial charge in [-0.05, 0) is 37.9 Å². The molecule has 3 N–H and O–H groups in total. The van der Waals surface area contributed by atoms with Crippen molar-refractivity contribution in [3.63, 3.8) is 0 Å². The second-order valence-electron chi connectivity index (χ2n) is 4.88. The minimum Gasteiger partial charge on any atom is -0.352 e. The molecular weight excluding hydrogens is 242 g/mol. The Hall–Kier alpha value is -1.95. The quantitative estimate of drug-likeness (QED) is 0.757. The molecule has 3 heterocycles. The first-order valence-electron chi connectivity index (χ1n) is 6.61. The largest absolute Gasteiger partial charge is 0.352 e. The van der Waals surface area contributed by atoms with Crippen LogP contribution in [0.2, 0.25) is 0 Å². The van der Waals surface area contributed by atoms with Gasteiger partial charge in [0.2, 0.25) is 0 Å². The van der Waals surface area contributed by atoms with Crippen LogP contribution in [-0.2, 0) is 0 Å². The number of H-pyrrole nitrogens is 1. The molecule has 1 unspecified atom stereocenters. The highest BCUT2D eigenvalue weighted by Crippen LogP contribution is 2.13. The maximum absolute atomic E-state index is 12.2. The molecule has 6 nitrogen and oxygen atoms in total. The smallest absolute Gasteiger partial charge is 0.253 e. The van der Waals surface area contributed by atoms with Crippen LogP contribution in [0.5, 0.6) is 0 Å². The van der Waals surface area contributed by atoms with Gasteiger partial charge in [-0.25, -0.2) is 9.97 Å². The zero-order valence-electron chi connectivity index (χ0n) is 10.6. The molecule has 0 radical (unpaired) electrons. The summed E-state index contributed by atoms with van der Waals surface area (Å²) in [6.45, 7) is 2.78. The van der Waals surface area contributed by atoms with Gasteiger partial charge in [0, 0.05) is 12.7 Å². The number of piperidine rings is 1. The van der Waals surface area contributed by atoms with Crippen LogP contribution < -0.4 is 10.6 Å². The Labute approximate surface area is 111 Å². The van der Waals surface area contributed by atoms with Gasteiger partial charge in [0.15, 0.2) is 5.65 Å². The van der Waals surface area contributed by atoms with E-state index in [0.29, 0.717) is 29.2 Å². The minimum absolute atomic E-state index is 0.0674. The highest BCUT2D eigenvalue weighted by atomic mass is 16.1. The molecule has 0 bridgehead atoms. The summed E-state index contributed by atoms with van der Waals surface area (Å²) in [6, 6.07) is 1.72. The van der Waals surface area contributed by atoms with Gasteiger partial charge < -0.3 is 15.6 Å². The van der Waals surface area contributed by atoms with Gasteiger partial charge in [0.05, 0.1) is 17.4 Å². The average molecular weight is 259 g/mol. The van der Waals surface area contributed by atoms with Gasteiger partial charge in [-0.3, -0.25) is 4.79 Å². The molecule has 1 amide bonds. The molecule has 0 spiro atoms. The fraction of sp³-hybridized carbons (Fsp3) is 0.462. The lowest BCUT2D eigenvalue weighted by atomic mass is 10.00. The zero-order chi connectivity index (χ0) is 13.1. The maximum Gasteiger partial charge on any atom is 0.253 e. The number of nitrogens with one attached hydrogen (secondary N) is 3. The van der Waals surface area contributed by atoms with Crippen LogP contribution in [0, 0.1) is 5.92 Å². The summed E-state index contributed by atoms with van der Waals surface area (Å²) in [5.74, 6) is 0.457. The van der Waals surface area contributed by atoms with Crippen LogP contribution in [0.25, 0.3) is 11.2 Å². The summed E-state index contributed by atoms with van der Waals surface area (Å²) in [7, 11) is 0. The first kappa shape index (κ1) is 12.1. The van der Waals surface area contributed by atoms with Crippen molar-refractivity contribution < 1.29 is 4.79 Å². The van der Waals surface area contributed by atoms with E-state index in [1.54, 1.807) is 18.6 Å². The van der Waals surface area contributed by atoms with E-state index in [1.165, 1.54) is 12.8 Å². The van der Waals surface area contributed by atoms with Crippen molar-refractivity contribution in [2.75, 3.05) is 19.6 Å². The van der Waals surface area contributed by atoms with Crippen LogP contribution >= 0.6 is 0 Å². The Morgan fingerprint density at radius 1 is 1.47 bits per heavy atom. The summed E-state index contributed by atoms with van der Waals surface area (Å²) >= 11 is 0. The van der Waals surface area contributed by atoms with Crippen LogP contribution in [-0.4, -0.2) is 40.5 Å². The topological polar surface area (TPSA) is 82.7 Å². The van der Waals surface area contributed by atoms with Gasteiger partial charge in [0.1, 0.15) is 0 Å². The monoisotopic (exact) mass is 259 g/mol. The Morgan fingerprint density at radius 3 is 3.26 bits per heavy atom. The number of fused-ring (bicyclic) bond motifs is 1. The lowest BCUT2D eigenvalue weighted by Gasteiger charge is -2.22. The summed E-state index contributed by atoms with van der Waals surface area (Å²) < 4.78 is 0. The highest BCUT2D eigenvalue weighted by Gasteiger charge is 2.16. The predicted octanol–water partition coefficient (Wildman–Crippen LogP) is 0.687. The predicted molar refractivity (Wildman–Crippen MR) is 71.8 cm³/mol. The number of hydrogen-bond donors (Lipinski definition) is 3. The number of rotatable bonds is 3. The van der Waals surface area contributed by atoms with Gasteiger partial charge in [-0.15, -0.1) is 0 Å². The number of amides is 1. The summed E-state index contributed by atoms with van der Waals surface area (Å²) in [5.41, 5.74) is 1.88. The van der Waals surface area contributed by atoms with Crippen LogP contribution in [0.15, 0.2) is 18.6 Å². The number of pyridine rings is 1. The Morgan fingerprint density at radius 2 is 2.42 bits per heavy atom. The molecule has 2 aromatic rings. The van der Waals surface area contributed by atoms with E-state index in [2.05, 4.69) is 25.6 Å². The third-order valence-corrected chi connectivity index (χ3v) is 3.52. The molecule has 19 heavy (non-hydrogen) atoms. The summed E-state index contributed by atoms with van der Waals surface area (Å²) in [6.07, 6.45) is 5.52. The molecule has 6 heteroatoms. The van der Waals surface area contributed by atoms with Crippen molar-refractivity contribution in [2.45, 2.75) is 12.8 Å². The highest BCUT2D eigenvalue weighted by molar-refractivity contribution is 6.03. The van der Waals surface area contributed by atoms with E-state index in [1.807, 2.05) is 0 Å². The van der Waals surface area contributed by atoms with E-state index in [0.717, 1.165) is 13.1 Å². The Balaban J connectivity index is 1.68. The normalized spacial score (nSPS) is 19.5. The number of nitrogens with zero attached hydrogens (tertiary/aromatic N) is 2. The first-order valence-corrected chi connectivity index (χ1v) is 6.61. The molecule has 100 valence electrons. The van der Waals surface area contributed by atoms with Crippen molar-refractivity contribution in [1.29, 1.82) is 0 Å². The van der Waals surface area contributed by atoms with E-state index in [9.17, 15) is 4.79 Å². The number of carbonyl (C=O) groups is 1. The summed E-state index contributed by atoms with van der Waals surface area (Å²) in [4.78, 5) is 23.3. The first-order chi connectivity index (χ1) is 9.34. The van der Waals surface area contributed by atoms with Crippen LogP contribution in [0.4, 0.5) is 0 Å². The second-order valence-corrected chi connectivity index (χ2v) is 4.88. The standard InChI is InChI=1S/C13H17N5O/c19-13(16-7-9-2-1-4-14-6-9)10-3-5-15-12-11(10)17-8-18-12/h3,5,8-9,14H,1-2,4,6-7H2,(H,16,19)(H,15,17,18). The molecule has 0 saturated carbocycles.